The first kappa shape index (κ1) is 11.0. The minimum absolute atomic E-state index is 0.224. The minimum Gasteiger partial charge on any atom is -0.469 e. The summed E-state index contributed by atoms with van der Waals surface area (Å²) in [4.78, 5) is 10.7. The first-order valence-corrected chi connectivity index (χ1v) is 4.83. The summed E-state index contributed by atoms with van der Waals surface area (Å²) in [6.45, 7) is 1.02. The normalized spacial score (nSPS) is 15.1. The number of allylic oxidation sites excluding steroid dienone is 2. The lowest BCUT2D eigenvalue weighted by atomic mass is 10.1. The van der Waals surface area contributed by atoms with Crippen LogP contribution in [0.15, 0.2) is 23.8 Å². The summed E-state index contributed by atoms with van der Waals surface area (Å²) in [6.07, 6.45) is 8.91. The molecule has 0 spiro atoms. The van der Waals surface area contributed by atoms with E-state index in [0.717, 1.165) is 12.8 Å². The fourth-order valence-electron chi connectivity index (χ4n) is 1.22. The van der Waals surface area contributed by atoms with Crippen LogP contribution in [0.3, 0.4) is 0 Å². The van der Waals surface area contributed by atoms with E-state index in [-0.39, 0.29) is 5.97 Å². The Labute approximate surface area is 84.4 Å². The Kier molecular flexibility index (Phi) is 5.00. The molecule has 0 aromatic carbocycles. The van der Waals surface area contributed by atoms with Gasteiger partial charge < -0.3 is 9.47 Å². The molecular formula is C11H16O3. The molecule has 0 saturated heterocycles. The fraction of sp³-hybridized carbons (Fsp3) is 0.545. The summed E-state index contributed by atoms with van der Waals surface area (Å²) in [5.74, 6) is -0.224. The molecule has 0 radical (unpaired) electrons. The van der Waals surface area contributed by atoms with E-state index in [1.165, 1.54) is 12.7 Å². The largest absolute Gasteiger partial charge is 0.469 e. The van der Waals surface area contributed by atoms with Crippen molar-refractivity contribution < 1.29 is 14.3 Å². The van der Waals surface area contributed by atoms with Gasteiger partial charge in [-0.15, -0.1) is 0 Å². The molecule has 0 fully saturated rings. The first-order chi connectivity index (χ1) is 6.83. The molecule has 1 aliphatic carbocycles. The van der Waals surface area contributed by atoms with Crippen molar-refractivity contribution >= 4 is 5.97 Å². The monoisotopic (exact) mass is 196 g/mol. The molecule has 1 aliphatic rings. The van der Waals surface area contributed by atoms with Gasteiger partial charge in [0.2, 0.25) is 0 Å². The second-order valence-electron chi connectivity index (χ2n) is 3.14. The molecular weight excluding hydrogens is 180 g/mol. The summed E-state index contributed by atoms with van der Waals surface area (Å²) < 4.78 is 9.82. The highest BCUT2D eigenvalue weighted by atomic mass is 16.5. The van der Waals surface area contributed by atoms with Gasteiger partial charge in [0.05, 0.1) is 26.7 Å². The molecule has 0 amide bonds. The van der Waals surface area contributed by atoms with Gasteiger partial charge in [0.25, 0.3) is 0 Å². The van der Waals surface area contributed by atoms with E-state index < -0.39 is 0 Å². The van der Waals surface area contributed by atoms with Crippen LogP contribution in [0.4, 0.5) is 0 Å². The van der Waals surface area contributed by atoms with Crippen molar-refractivity contribution in [3.8, 4) is 0 Å². The third-order valence-electron chi connectivity index (χ3n) is 2.02. The quantitative estimate of drug-likeness (QED) is 0.497. The summed E-state index contributed by atoms with van der Waals surface area (Å²) in [7, 11) is 1.38. The second-order valence-corrected chi connectivity index (χ2v) is 3.14. The van der Waals surface area contributed by atoms with Crippen molar-refractivity contribution in [3.05, 3.63) is 23.8 Å². The smallest absolute Gasteiger partial charge is 0.307 e. The molecule has 0 unspecified atom stereocenters. The van der Waals surface area contributed by atoms with E-state index in [1.54, 1.807) is 0 Å². The molecule has 1 rings (SSSR count). The lowest BCUT2D eigenvalue weighted by Crippen LogP contribution is -2.07. The van der Waals surface area contributed by atoms with Gasteiger partial charge >= 0.3 is 5.97 Å². The van der Waals surface area contributed by atoms with Crippen LogP contribution in [0.25, 0.3) is 0 Å². The number of ether oxygens (including phenoxy) is 2. The van der Waals surface area contributed by atoms with E-state index in [2.05, 4.69) is 23.0 Å². The van der Waals surface area contributed by atoms with Crippen LogP contribution < -0.4 is 0 Å². The van der Waals surface area contributed by atoms with Crippen LogP contribution in [0.5, 0.6) is 0 Å². The second kappa shape index (κ2) is 6.38. The van der Waals surface area contributed by atoms with Crippen LogP contribution in [-0.4, -0.2) is 26.3 Å². The molecule has 3 nitrogen and oxygen atoms in total. The van der Waals surface area contributed by atoms with Crippen LogP contribution in [0, 0.1) is 0 Å². The first-order valence-electron chi connectivity index (χ1n) is 4.83. The zero-order chi connectivity index (χ0) is 10.2. The maximum atomic E-state index is 10.7. The predicted molar refractivity (Wildman–Crippen MR) is 53.9 cm³/mol. The van der Waals surface area contributed by atoms with Gasteiger partial charge in [0, 0.05) is 0 Å². The summed E-state index contributed by atoms with van der Waals surface area (Å²) in [5.41, 5.74) is 1.20. The van der Waals surface area contributed by atoms with Gasteiger partial charge in [-0.3, -0.25) is 4.79 Å². The topological polar surface area (TPSA) is 35.5 Å². The fourth-order valence-corrected chi connectivity index (χ4v) is 1.22. The van der Waals surface area contributed by atoms with Gasteiger partial charge in [0.15, 0.2) is 0 Å². The number of esters is 1. The highest BCUT2D eigenvalue weighted by Gasteiger charge is 2.01. The van der Waals surface area contributed by atoms with E-state index in [4.69, 9.17) is 4.74 Å². The summed E-state index contributed by atoms with van der Waals surface area (Å²) in [5, 5.41) is 0. The van der Waals surface area contributed by atoms with Crippen molar-refractivity contribution in [1.82, 2.24) is 0 Å². The molecule has 0 aromatic rings. The van der Waals surface area contributed by atoms with E-state index in [0.29, 0.717) is 19.6 Å². The van der Waals surface area contributed by atoms with Gasteiger partial charge in [-0.25, -0.2) is 0 Å². The number of methoxy groups -OCH3 is 1. The highest BCUT2D eigenvalue weighted by Crippen LogP contribution is 2.09. The van der Waals surface area contributed by atoms with Gasteiger partial charge in [-0.05, 0) is 18.4 Å². The standard InChI is InChI=1S/C11H16O3/c1-13-11(12)7-8-14-9-10-5-3-2-4-6-10/h3,5-6H,2,4,7-9H2,1H3. The van der Waals surface area contributed by atoms with Gasteiger partial charge in [-0.2, -0.15) is 0 Å². The predicted octanol–water partition coefficient (Wildman–Crippen LogP) is 1.84. The summed E-state index contributed by atoms with van der Waals surface area (Å²) in [6, 6.07) is 0. The number of hydrogen-bond donors (Lipinski definition) is 0. The van der Waals surface area contributed by atoms with Crippen molar-refractivity contribution in [2.75, 3.05) is 20.3 Å². The minimum atomic E-state index is -0.224. The van der Waals surface area contributed by atoms with E-state index in [1.807, 2.05) is 0 Å². The molecule has 78 valence electrons. The number of hydrogen-bond acceptors (Lipinski definition) is 3. The van der Waals surface area contributed by atoms with Crippen molar-refractivity contribution in [3.63, 3.8) is 0 Å². The zero-order valence-corrected chi connectivity index (χ0v) is 8.49. The molecule has 14 heavy (non-hydrogen) atoms. The van der Waals surface area contributed by atoms with Crippen molar-refractivity contribution in [2.45, 2.75) is 19.3 Å². The Morgan fingerprint density at radius 2 is 2.36 bits per heavy atom. The van der Waals surface area contributed by atoms with Gasteiger partial charge in [-0.1, -0.05) is 18.2 Å². The van der Waals surface area contributed by atoms with Crippen molar-refractivity contribution in [1.29, 1.82) is 0 Å². The number of carbonyl (C=O) groups is 1. The maximum Gasteiger partial charge on any atom is 0.307 e. The Morgan fingerprint density at radius 1 is 1.50 bits per heavy atom. The molecule has 0 heterocycles. The van der Waals surface area contributed by atoms with Gasteiger partial charge in [0.1, 0.15) is 0 Å². The molecule has 0 N–H and O–H groups in total. The third kappa shape index (κ3) is 4.23. The SMILES string of the molecule is COC(=O)CCOCC1=CCCC=C1. The number of rotatable bonds is 5. The Balaban J connectivity index is 2.06. The average molecular weight is 196 g/mol. The van der Waals surface area contributed by atoms with E-state index in [9.17, 15) is 4.79 Å². The maximum absolute atomic E-state index is 10.7. The Morgan fingerprint density at radius 3 is 3.00 bits per heavy atom. The highest BCUT2D eigenvalue weighted by molar-refractivity contribution is 5.69. The molecule has 3 heteroatoms. The van der Waals surface area contributed by atoms with Crippen LogP contribution in [0.1, 0.15) is 19.3 Å². The molecule has 0 aromatic heterocycles. The lowest BCUT2D eigenvalue weighted by molar-refractivity contribution is -0.141. The van der Waals surface area contributed by atoms with E-state index >= 15 is 0 Å². The number of carbonyl (C=O) groups excluding carboxylic acids is 1. The average Bonchev–Trinajstić information content (AvgIpc) is 2.25. The van der Waals surface area contributed by atoms with Crippen molar-refractivity contribution in [2.24, 2.45) is 0 Å². The molecule has 0 bridgehead atoms. The van der Waals surface area contributed by atoms with Crippen LogP contribution in [0.2, 0.25) is 0 Å². The zero-order valence-electron chi connectivity index (χ0n) is 8.49. The Hall–Kier alpha value is -1.09. The Bertz CT molecular complexity index is 241. The lowest BCUT2D eigenvalue weighted by Gasteiger charge is -2.07. The van der Waals surface area contributed by atoms with Crippen LogP contribution in [-0.2, 0) is 14.3 Å². The van der Waals surface area contributed by atoms with Crippen LogP contribution >= 0.6 is 0 Å². The molecule has 0 aliphatic heterocycles. The molecule has 0 saturated carbocycles. The summed E-state index contributed by atoms with van der Waals surface area (Å²) >= 11 is 0. The third-order valence-corrected chi connectivity index (χ3v) is 2.02. The molecule has 0 atom stereocenters.